The van der Waals surface area contributed by atoms with Crippen LogP contribution >= 0.6 is 34.5 Å². The number of nitrogens with one attached hydrogen (secondary N) is 2. The first-order valence-corrected chi connectivity index (χ1v) is 10.4. The molecule has 156 valence electrons. The number of methoxy groups -OCH3 is 1. The normalized spacial score (nSPS) is 11.6. The number of thiophene rings is 1. The number of aliphatic hydroxyl groups is 1. The van der Waals surface area contributed by atoms with Crippen LogP contribution in [0.4, 0.5) is 11.4 Å². The van der Waals surface area contributed by atoms with E-state index in [0.29, 0.717) is 20.6 Å². The maximum absolute atomic E-state index is 12.6. The van der Waals surface area contributed by atoms with Crippen LogP contribution < -0.4 is 10.6 Å². The Morgan fingerprint density at radius 1 is 1.13 bits per heavy atom. The first kappa shape index (κ1) is 22.1. The summed E-state index contributed by atoms with van der Waals surface area (Å²) in [4.78, 5) is 25.3. The van der Waals surface area contributed by atoms with E-state index in [0.717, 1.165) is 5.56 Å². The second-order valence-electron chi connectivity index (χ2n) is 6.36. The van der Waals surface area contributed by atoms with Crippen molar-refractivity contribution in [2.75, 3.05) is 17.7 Å². The number of carbonyl (C=O) groups is 2. The minimum Gasteiger partial charge on any atom is -0.465 e. The molecule has 6 nitrogen and oxygen atoms in total. The Hall–Kier alpha value is -2.58. The Morgan fingerprint density at radius 2 is 1.83 bits per heavy atom. The summed E-state index contributed by atoms with van der Waals surface area (Å²) in [6.07, 6.45) is -1.17. The van der Waals surface area contributed by atoms with Gasteiger partial charge in [-0.25, -0.2) is 4.79 Å². The van der Waals surface area contributed by atoms with Gasteiger partial charge in [-0.3, -0.25) is 4.79 Å². The Morgan fingerprint density at radius 3 is 2.43 bits per heavy atom. The lowest BCUT2D eigenvalue weighted by Gasteiger charge is -2.17. The highest BCUT2D eigenvalue weighted by Gasteiger charge is 2.20. The molecule has 9 heteroatoms. The first-order valence-electron chi connectivity index (χ1n) is 8.77. The largest absolute Gasteiger partial charge is 0.465 e. The SMILES string of the molecule is COC(=O)c1ccc(C(=O)Nc2ccc(Cl)cc2)cc1NC(O)c1scc(C)c1Cl. The highest BCUT2D eigenvalue weighted by molar-refractivity contribution is 7.10. The second kappa shape index (κ2) is 9.49. The van der Waals surface area contributed by atoms with E-state index in [1.807, 2.05) is 12.3 Å². The maximum atomic E-state index is 12.6. The molecule has 3 N–H and O–H groups in total. The lowest BCUT2D eigenvalue weighted by Crippen LogP contribution is -2.16. The molecule has 0 saturated heterocycles. The molecule has 1 amide bonds. The predicted octanol–water partition coefficient (Wildman–Crippen LogP) is 5.51. The number of aryl methyl sites for hydroxylation is 1. The molecule has 1 heterocycles. The molecule has 0 fully saturated rings. The number of carbonyl (C=O) groups excluding carboxylic acids is 2. The molecule has 3 rings (SSSR count). The summed E-state index contributed by atoms with van der Waals surface area (Å²) in [6.45, 7) is 1.83. The van der Waals surface area contributed by atoms with E-state index in [2.05, 4.69) is 10.6 Å². The number of halogens is 2. The van der Waals surface area contributed by atoms with Crippen LogP contribution in [-0.4, -0.2) is 24.1 Å². The van der Waals surface area contributed by atoms with Gasteiger partial charge in [-0.1, -0.05) is 23.2 Å². The van der Waals surface area contributed by atoms with Crippen molar-refractivity contribution >= 4 is 57.8 Å². The fraction of sp³-hybridized carbons (Fsp3) is 0.143. The van der Waals surface area contributed by atoms with E-state index in [9.17, 15) is 14.7 Å². The molecule has 0 aliphatic heterocycles. The summed E-state index contributed by atoms with van der Waals surface area (Å²) < 4.78 is 4.80. The summed E-state index contributed by atoms with van der Waals surface area (Å²) in [5, 5.41) is 19.0. The summed E-state index contributed by atoms with van der Waals surface area (Å²) >= 11 is 13.4. The van der Waals surface area contributed by atoms with Crippen molar-refractivity contribution in [1.82, 2.24) is 0 Å². The summed E-state index contributed by atoms with van der Waals surface area (Å²) in [5.41, 5.74) is 2.09. The van der Waals surface area contributed by atoms with Gasteiger partial charge in [0.05, 0.1) is 28.3 Å². The third-order valence-electron chi connectivity index (χ3n) is 4.25. The van der Waals surface area contributed by atoms with Crippen LogP contribution in [0, 0.1) is 6.92 Å². The van der Waals surface area contributed by atoms with Gasteiger partial charge in [0.15, 0.2) is 6.23 Å². The highest BCUT2D eigenvalue weighted by Crippen LogP contribution is 2.34. The van der Waals surface area contributed by atoms with Gasteiger partial charge in [0.25, 0.3) is 5.91 Å². The molecular formula is C21H18Cl2N2O4S. The number of ether oxygens (including phenoxy) is 1. The number of hydrogen-bond acceptors (Lipinski definition) is 6. The van der Waals surface area contributed by atoms with Crippen LogP contribution in [0.1, 0.15) is 37.4 Å². The van der Waals surface area contributed by atoms with Crippen molar-refractivity contribution in [1.29, 1.82) is 0 Å². The monoisotopic (exact) mass is 464 g/mol. The third-order valence-corrected chi connectivity index (χ3v) is 6.27. The zero-order valence-electron chi connectivity index (χ0n) is 16.0. The molecule has 0 bridgehead atoms. The van der Waals surface area contributed by atoms with Crippen LogP contribution in [0.3, 0.4) is 0 Å². The zero-order chi connectivity index (χ0) is 21.8. The molecule has 0 aliphatic carbocycles. The van der Waals surface area contributed by atoms with Gasteiger partial charge in [-0.05, 0) is 60.3 Å². The lowest BCUT2D eigenvalue weighted by molar-refractivity contribution is 0.0601. The minimum absolute atomic E-state index is 0.170. The van der Waals surface area contributed by atoms with Gasteiger partial charge in [0, 0.05) is 16.3 Å². The number of anilines is 2. The van der Waals surface area contributed by atoms with Crippen molar-refractivity contribution in [3.8, 4) is 0 Å². The number of aliphatic hydroxyl groups excluding tert-OH is 1. The van der Waals surface area contributed by atoms with Crippen molar-refractivity contribution < 1.29 is 19.4 Å². The number of amides is 1. The second-order valence-corrected chi connectivity index (χ2v) is 8.08. The molecule has 3 aromatic rings. The molecule has 0 aliphatic rings. The zero-order valence-corrected chi connectivity index (χ0v) is 18.4. The van der Waals surface area contributed by atoms with Crippen LogP contribution in [0.5, 0.6) is 0 Å². The summed E-state index contributed by atoms with van der Waals surface area (Å²) in [5.74, 6) is -1.00. The molecule has 0 spiro atoms. The van der Waals surface area contributed by atoms with Crippen molar-refractivity contribution in [3.05, 3.63) is 79.5 Å². The lowest BCUT2D eigenvalue weighted by atomic mass is 10.1. The molecule has 2 aromatic carbocycles. The van der Waals surface area contributed by atoms with Gasteiger partial charge in [0.1, 0.15) is 0 Å². The molecule has 1 atom stereocenters. The van der Waals surface area contributed by atoms with E-state index < -0.39 is 18.1 Å². The fourth-order valence-electron chi connectivity index (χ4n) is 2.68. The molecule has 30 heavy (non-hydrogen) atoms. The number of benzene rings is 2. The molecule has 1 unspecified atom stereocenters. The molecule has 1 aromatic heterocycles. The minimum atomic E-state index is -1.17. The number of rotatable bonds is 6. The predicted molar refractivity (Wildman–Crippen MR) is 120 cm³/mol. The molecule has 0 saturated carbocycles. The molecular weight excluding hydrogens is 447 g/mol. The van der Waals surface area contributed by atoms with E-state index in [1.165, 1.54) is 36.6 Å². The third kappa shape index (κ3) is 4.94. The smallest absolute Gasteiger partial charge is 0.339 e. The maximum Gasteiger partial charge on any atom is 0.339 e. The van der Waals surface area contributed by atoms with Crippen molar-refractivity contribution in [3.63, 3.8) is 0 Å². The fourth-order valence-corrected chi connectivity index (χ4v) is 4.03. The van der Waals surface area contributed by atoms with E-state index in [1.54, 1.807) is 24.3 Å². The van der Waals surface area contributed by atoms with Crippen LogP contribution in [0.2, 0.25) is 10.0 Å². The average Bonchev–Trinajstić information content (AvgIpc) is 3.07. The van der Waals surface area contributed by atoms with Crippen LogP contribution in [-0.2, 0) is 4.74 Å². The van der Waals surface area contributed by atoms with E-state index in [4.69, 9.17) is 27.9 Å². The Labute approximate surface area is 187 Å². The number of hydrogen-bond donors (Lipinski definition) is 3. The topological polar surface area (TPSA) is 87.7 Å². The van der Waals surface area contributed by atoms with Crippen molar-refractivity contribution in [2.45, 2.75) is 13.2 Å². The van der Waals surface area contributed by atoms with Crippen LogP contribution in [0.25, 0.3) is 0 Å². The average molecular weight is 465 g/mol. The quantitative estimate of drug-likeness (QED) is 0.330. The van der Waals surface area contributed by atoms with E-state index in [-0.39, 0.29) is 16.8 Å². The van der Waals surface area contributed by atoms with Gasteiger partial charge in [-0.15, -0.1) is 11.3 Å². The first-order chi connectivity index (χ1) is 14.3. The van der Waals surface area contributed by atoms with Gasteiger partial charge >= 0.3 is 5.97 Å². The van der Waals surface area contributed by atoms with Crippen LogP contribution in [0.15, 0.2) is 47.8 Å². The Balaban J connectivity index is 1.89. The van der Waals surface area contributed by atoms with Crippen molar-refractivity contribution in [2.24, 2.45) is 0 Å². The Bertz CT molecular complexity index is 1080. The Kier molecular flexibility index (Phi) is 6.99. The van der Waals surface area contributed by atoms with Gasteiger partial charge in [0.2, 0.25) is 0 Å². The summed E-state index contributed by atoms with van der Waals surface area (Å²) in [7, 11) is 1.25. The standard InChI is InChI=1S/C21H18Cl2N2O4S/c1-11-10-30-18(17(11)23)20(27)25-16-9-12(3-8-15(16)21(28)29-2)19(26)24-14-6-4-13(22)5-7-14/h3-10,20,25,27H,1-2H3,(H,24,26). The van der Waals surface area contributed by atoms with Gasteiger partial charge in [-0.2, -0.15) is 0 Å². The summed E-state index contributed by atoms with van der Waals surface area (Å²) in [6, 6.07) is 11.1. The highest BCUT2D eigenvalue weighted by atomic mass is 35.5. The molecule has 0 radical (unpaired) electrons. The van der Waals surface area contributed by atoms with Gasteiger partial charge < -0.3 is 20.5 Å². The van der Waals surface area contributed by atoms with E-state index >= 15 is 0 Å². The number of esters is 1.